The van der Waals surface area contributed by atoms with Crippen molar-refractivity contribution in [2.75, 3.05) is 0 Å². The van der Waals surface area contributed by atoms with Crippen LogP contribution in [0, 0.1) is 0 Å². The molecule has 0 saturated carbocycles. The van der Waals surface area contributed by atoms with E-state index in [9.17, 15) is 15.0 Å². The molecule has 2 aromatic rings. The van der Waals surface area contributed by atoms with Crippen LogP contribution in [0.15, 0.2) is 48.5 Å². The Labute approximate surface area is 150 Å². The van der Waals surface area contributed by atoms with Crippen molar-refractivity contribution < 1.29 is 44.6 Å². The Hall–Kier alpha value is -0.840. The van der Waals surface area contributed by atoms with Gasteiger partial charge in [-0.15, -0.1) is 0 Å². The topological polar surface area (TPSA) is 60.4 Å². The molecular weight excluding hydrogens is 299 g/mol. The van der Waals surface area contributed by atoms with Crippen molar-refractivity contribution in [1.29, 1.82) is 0 Å². The first-order valence-electron chi connectivity index (χ1n) is 6.30. The van der Waals surface area contributed by atoms with Crippen LogP contribution in [0.1, 0.15) is 24.5 Å². The third kappa shape index (κ3) is 5.13. The number of carboxylic acid groups (broad SMARTS) is 1. The zero-order chi connectivity index (χ0) is 14.5. The minimum atomic E-state index is -1.16. The van der Waals surface area contributed by atoms with Crippen LogP contribution in [0.2, 0.25) is 5.02 Å². The molecule has 2 rings (SSSR count). The van der Waals surface area contributed by atoms with E-state index in [-0.39, 0.29) is 42.4 Å². The summed E-state index contributed by atoms with van der Waals surface area (Å²) in [6.45, 7) is 0. The van der Waals surface area contributed by atoms with E-state index in [4.69, 9.17) is 11.6 Å². The Balaban J connectivity index is 0.00000220. The molecule has 0 radical (unpaired) electrons. The summed E-state index contributed by atoms with van der Waals surface area (Å²) in [5.41, 5.74) is 2.55. The van der Waals surface area contributed by atoms with Gasteiger partial charge in [-0.3, -0.25) is 0 Å². The molecule has 0 aliphatic carbocycles. The second kappa shape index (κ2) is 8.57. The van der Waals surface area contributed by atoms with Crippen molar-refractivity contribution in [3.05, 3.63) is 59.1 Å². The van der Waals surface area contributed by atoms with Crippen LogP contribution < -0.4 is 34.7 Å². The largest absolute Gasteiger partial charge is 1.00 e. The number of carbonyl (C=O) groups excluding carboxylic acids is 1. The van der Waals surface area contributed by atoms with E-state index in [0.29, 0.717) is 10.6 Å². The maximum atomic E-state index is 10.4. The second-order valence-corrected chi connectivity index (χ2v) is 4.94. The van der Waals surface area contributed by atoms with E-state index in [2.05, 4.69) is 0 Å². The molecule has 2 aromatic carbocycles. The van der Waals surface area contributed by atoms with Crippen LogP contribution in [0.3, 0.4) is 0 Å². The third-order valence-electron chi connectivity index (χ3n) is 3.10. The summed E-state index contributed by atoms with van der Waals surface area (Å²) in [7, 11) is 0. The number of carbonyl (C=O) groups is 1. The quantitative estimate of drug-likeness (QED) is 0.763. The number of hydrogen-bond acceptors (Lipinski definition) is 3. The van der Waals surface area contributed by atoms with Crippen molar-refractivity contribution in [2.24, 2.45) is 0 Å². The normalized spacial score (nSPS) is 11.5. The van der Waals surface area contributed by atoms with E-state index < -0.39 is 12.1 Å². The van der Waals surface area contributed by atoms with Gasteiger partial charge in [-0.25, -0.2) is 0 Å². The van der Waals surface area contributed by atoms with Gasteiger partial charge in [0.05, 0.1) is 6.10 Å². The Morgan fingerprint density at radius 1 is 1.14 bits per heavy atom. The summed E-state index contributed by atoms with van der Waals surface area (Å²) < 4.78 is 0. The summed E-state index contributed by atoms with van der Waals surface area (Å²) in [4.78, 5) is 10.4. The number of rotatable bonds is 5. The molecule has 1 N–H and O–H groups in total. The summed E-state index contributed by atoms with van der Waals surface area (Å²) in [6.07, 6.45) is -0.811. The molecule has 3 nitrogen and oxygen atoms in total. The molecule has 0 heterocycles. The SMILES string of the molecule is O=C([O-])CCC(O)c1ccc(-c2ccccc2Cl)cc1.[Na+]. The van der Waals surface area contributed by atoms with Crippen molar-refractivity contribution in [2.45, 2.75) is 18.9 Å². The molecule has 0 bridgehead atoms. The summed E-state index contributed by atoms with van der Waals surface area (Å²) in [5, 5.41) is 20.9. The zero-order valence-electron chi connectivity index (χ0n) is 11.8. The number of carboxylic acids is 1. The predicted molar refractivity (Wildman–Crippen MR) is 76.1 cm³/mol. The Morgan fingerprint density at radius 3 is 2.33 bits per heavy atom. The summed E-state index contributed by atoms with van der Waals surface area (Å²) in [6, 6.07) is 14.8. The van der Waals surface area contributed by atoms with E-state index in [0.717, 1.165) is 11.1 Å². The van der Waals surface area contributed by atoms with Gasteiger partial charge in [-0.1, -0.05) is 54.1 Å². The smallest absolute Gasteiger partial charge is 0.550 e. The third-order valence-corrected chi connectivity index (χ3v) is 3.43. The van der Waals surface area contributed by atoms with Gasteiger partial charge in [0.2, 0.25) is 0 Å². The molecule has 0 fully saturated rings. The van der Waals surface area contributed by atoms with Crippen molar-refractivity contribution in [3.8, 4) is 11.1 Å². The van der Waals surface area contributed by atoms with Gasteiger partial charge in [-0.05, 0) is 30.0 Å². The number of benzene rings is 2. The number of aliphatic hydroxyl groups excluding tert-OH is 1. The molecule has 0 aliphatic rings. The summed E-state index contributed by atoms with van der Waals surface area (Å²) in [5.74, 6) is -1.16. The molecule has 1 unspecified atom stereocenters. The van der Waals surface area contributed by atoms with Crippen LogP contribution in [-0.4, -0.2) is 11.1 Å². The van der Waals surface area contributed by atoms with Crippen LogP contribution in [-0.2, 0) is 4.79 Å². The molecule has 0 spiro atoms. The number of hydrogen-bond donors (Lipinski definition) is 1. The first-order chi connectivity index (χ1) is 9.58. The van der Waals surface area contributed by atoms with Crippen molar-refractivity contribution in [1.82, 2.24) is 0 Å². The van der Waals surface area contributed by atoms with E-state index >= 15 is 0 Å². The van der Waals surface area contributed by atoms with Crippen LogP contribution in [0.5, 0.6) is 0 Å². The van der Waals surface area contributed by atoms with Crippen molar-refractivity contribution in [3.63, 3.8) is 0 Å². The average molecular weight is 313 g/mol. The number of halogens is 1. The minimum absolute atomic E-state index is 0. The molecule has 0 aromatic heterocycles. The van der Waals surface area contributed by atoms with Crippen LogP contribution in [0.4, 0.5) is 0 Å². The molecule has 0 aliphatic heterocycles. The average Bonchev–Trinajstić information content (AvgIpc) is 2.45. The minimum Gasteiger partial charge on any atom is -0.550 e. The Kier molecular flexibility index (Phi) is 7.43. The fraction of sp³-hybridized carbons (Fsp3) is 0.188. The van der Waals surface area contributed by atoms with E-state index in [1.807, 2.05) is 36.4 Å². The van der Waals surface area contributed by atoms with Gasteiger partial charge in [0, 0.05) is 16.6 Å². The Bertz CT molecular complexity index is 599. The van der Waals surface area contributed by atoms with Gasteiger partial charge < -0.3 is 15.0 Å². The zero-order valence-corrected chi connectivity index (χ0v) is 14.5. The molecule has 21 heavy (non-hydrogen) atoms. The number of aliphatic carboxylic acids is 1. The van der Waals surface area contributed by atoms with E-state index in [1.165, 1.54) is 0 Å². The predicted octanol–water partition coefficient (Wildman–Crippen LogP) is -0.426. The molecule has 104 valence electrons. The summed E-state index contributed by atoms with van der Waals surface area (Å²) >= 11 is 6.12. The van der Waals surface area contributed by atoms with Gasteiger partial charge in [0.1, 0.15) is 0 Å². The van der Waals surface area contributed by atoms with Crippen molar-refractivity contribution >= 4 is 17.6 Å². The van der Waals surface area contributed by atoms with E-state index in [1.54, 1.807) is 12.1 Å². The maximum Gasteiger partial charge on any atom is 1.00 e. The fourth-order valence-corrected chi connectivity index (χ4v) is 2.25. The van der Waals surface area contributed by atoms with Gasteiger partial charge in [0.25, 0.3) is 0 Å². The molecule has 5 heteroatoms. The van der Waals surface area contributed by atoms with Crippen LogP contribution >= 0.6 is 11.6 Å². The second-order valence-electron chi connectivity index (χ2n) is 4.53. The first kappa shape index (κ1) is 18.2. The van der Waals surface area contributed by atoms with Gasteiger partial charge in [-0.2, -0.15) is 0 Å². The fourth-order valence-electron chi connectivity index (χ4n) is 2.00. The van der Waals surface area contributed by atoms with Gasteiger partial charge in [0.15, 0.2) is 0 Å². The molecule has 1 atom stereocenters. The van der Waals surface area contributed by atoms with Gasteiger partial charge >= 0.3 is 29.6 Å². The standard InChI is InChI=1S/C16H15ClO3.Na/c17-14-4-2-1-3-13(14)11-5-7-12(8-6-11)15(18)9-10-16(19)20;/h1-8,15,18H,9-10H2,(H,19,20);/q;+1/p-1. The molecule has 0 amide bonds. The van der Waals surface area contributed by atoms with Crippen LogP contribution in [0.25, 0.3) is 11.1 Å². The molecule has 0 saturated heterocycles. The maximum absolute atomic E-state index is 10.4. The molecular formula is C16H14ClNaO3. The number of aliphatic hydroxyl groups is 1. The Morgan fingerprint density at radius 2 is 1.76 bits per heavy atom. The monoisotopic (exact) mass is 312 g/mol. The first-order valence-corrected chi connectivity index (χ1v) is 6.68.